The van der Waals surface area contributed by atoms with Crippen molar-refractivity contribution in [2.45, 2.75) is 25.9 Å². The number of carbonyl (C=O) groups is 1. The third kappa shape index (κ3) is 3.76. The normalized spacial score (nSPS) is 18.2. The molecule has 1 atom stereocenters. The third-order valence-corrected chi connectivity index (χ3v) is 7.44. The van der Waals surface area contributed by atoms with Crippen LogP contribution in [0.3, 0.4) is 0 Å². The van der Waals surface area contributed by atoms with Gasteiger partial charge in [0.15, 0.2) is 15.6 Å². The van der Waals surface area contributed by atoms with Crippen LogP contribution in [0.1, 0.15) is 28.1 Å². The fourth-order valence-electron chi connectivity index (χ4n) is 3.75. The molecule has 2 heterocycles. The second-order valence-corrected chi connectivity index (χ2v) is 9.88. The highest BCUT2D eigenvalue weighted by Crippen LogP contribution is 2.30. The van der Waals surface area contributed by atoms with Crippen molar-refractivity contribution in [2.24, 2.45) is 0 Å². The molecule has 1 aliphatic heterocycles. The van der Waals surface area contributed by atoms with Crippen molar-refractivity contribution in [3.63, 3.8) is 0 Å². The third-order valence-electron chi connectivity index (χ3n) is 5.34. The van der Waals surface area contributed by atoms with Gasteiger partial charge in [-0.15, -0.1) is 0 Å². The summed E-state index contributed by atoms with van der Waals surface area (Å²) in [4.78, 5) is 14.8. The number of hydrogen-bond acceptors (Lipinski definition) is 4. The van der Waals surface area contributed by atoms with Gasteiger partial charge in [-0.3, -0.25) is 4.79 Å². The van der Waals surface area contributed by atoms with Gasteiger partial charge in [-0.05, 0) is 31.5 Å². The first-order valence-electron chi connectivity index (χ1n) is 9.19. The van der Waals surface area contributed by atoms with E-state index >= 15 is 0 Å². The average Bonchev–Trinajstić information content (AvgIpc) is 3.21. The van der Waals surface area contributed by atoms with Gasteiger partial charge in [-0.2, -0.15) is 0 Å². The molecule has 0 aliphatic carbocycles. The zero-order chi connectivity index (χ0) is 20.8. The Morgan fingerprint density at radius 2 is 2.00 bits per heavy atom. The Morgan fingerprint density at radius 1 is 1.24 bits per heavy atom. The summed E-state index contributed by atoms with van der Waals surface area (Å²) in [6.07, 6.45) is 0.291. The number of rotatable bonds is 4. The van der Waals surface area contributed by atoms with Crippen LogP contribution in [-0.2, 0) is 16.4 Å². The van der Waals surface area contributed by atoms with Gasteiger partial charge >= 0.3 is 0 Å². The number of para-hydroxylation sites is 1. The van der Waals surface area contributed by atoms with Gasteiger partial charge in [0.1, 0.15) is 11.4 Å². The number of fused-ring (bicyclic) bond motifs is 1. The van der Waals surface area contributed by atoms with Crippen molar-refractivity contribution in [2.75, 3.05) is 11.5 Å². The molecule has 1 fully saturated rings. The maximum atomic E-state index is 14.4. The van der Waals surface area contributed by atoms with Gasteiger partial charge in [-0.25, -0.2) is 12.8 Å². The highest BCUT2D eigenvalue weighted by Gasteiger charge is 2.37. The second kappa shape index (κ2) is 7.46. The highest BCUT2D eigenvalue weighted by molar-refractivity contribution is 7.91. The summed E-state index contributed by atoms with van der Waals surface area (Å²) in [6.45, 7) is 1.64. The Kier molecular flexibility index (Phi) is 5.12. The molecule has 3 aromatic rings. The zero-order valence-corrected chi connectivity index (χ0v) is 17.3. The average molecular weight is 436 g/mol. The lowest BCUT2D eigenvalue weighted by atomic mass is 10.1. The monoisotopic (exact) mass is 435 g/mol. The van der Waals surface area contributed by atoms with E-state index in [9.17, 15) is 17.6 Å². The number of amides is 1. The molecule has 0 bridgehead atoms. The van der Waals surface area contributed by atoms with Gasteiger partial charge in [0.25, 0.3) is 5.91 Å². The summed E-state index contributed by atoms with van der Waals surface area (Å²) in [5, 5.41) is 0.990. The first kappa shape index (κ1) is 19.9. The van der Waals surface area contributed by atoms with E-state index in [-0.39, 0.29) is 34.4 Å². The summed E-state index contributed by atoms with van der Waals surface area (Å²) in [5.41, 5.74) is 1.38. The molecule has 0 N–H and O–H groups in total. The maximum Gasteiger partial charge on any atom is 0.290 e. The number of sulfone groups is 1. The number of nitrogens with zero attached hydrogens (tertiary/aromatic N) is 1. The Hall–Kier alpha value is -2.38. The molecule has 29 heavy (non-hydrogen) atoms. The van der Waals surface area contributed by atoms with E-state index in [0.29, 0.717) is 17.6 Å². The van der Waals surface area contributed by atoms with E-state index in [1.807, 2.05) is 12.1 Å². The molecule has 4 rings (SSSR count). The minimum atomic E-state index is -3.25. The van der Waals surface area contributed by atoms with Crippen molar-refractivity contribution in [1.29, 1.82) is 0 Å². The van der Waals surface area contributed by atoms with Crippen LogP contribution in [-0.4, -0.2) is 36.8 Å². The molecule has 5 nitrogen and oxygen atoms in total. The predicted octanol–water partition coefficient (Wildman–Crippen LogP) is 4.36. The van der Waals surface area contributed by atoms with Crippen molar-refractivity contribution in [1.82, 2.24) is 4.90 Å². The smallest absolute Gasteiger partial charge is 0.290 e. The summed E-state index contributed by atoms with van der Waals surface area (Å²) < 4.78 is 44.3. The van der Waals surface area contributed by atoms with E-state index in [1.54, 1.807) is 25.1 Å². The lowest BCUT2D eigenvalue weighted by Crippen LogP contribution is -2.41. The molecular formula is C21H19ClFNO4S. The van der Waals surface area contributed by atoms with Crippen LogP contribution in [0.2, 0.25) is 5.02 Å². The van der Waals surface area contributed by atoms with Gasteiger partial charge in [0, 0.05) is 27.6 Å². The molecule has 0 radical (unpaired) electrons. The number of aryl methyl sites for hydroxylation is 1. The Balaban J connectivity index is 1.77. The molecule has 0 saturated carbocycles. The van der Waals surface area contributed by atoms with E-state index in [1.165, 1.54) is 17.0 Å². The predicted molar refractivity (Wildman–Crippen MR) is 109 cm³/mol. The fourth-order valence-corrected chi connectivity index (χ4v) is 5.70. The first-order valence-corrected chi connectivity index (χ1v) is 11.4. The molecule has 1 unspecified atom stereocenters. The minimum Gasteiger partial charge on any atom is -0.451 e. The number of carbonyl (C=O) groups excluding carboxylic acids is 1. The topological polar surface area (TPSA) is 67.6 Å². The summed E-state index contributed by atoms with van der Waals surface area (Å²) in [6, 6.07) is 11.0. The van der Waals surface area contributed by atoms with Gasteiger partial charge in [0.2, 0.25) is 0 Å². The number of furan rings is 1. The standard InChI is InChI=1S/C21H19ClFNO4S/c1-13-15-5-2-3-8-19(15)28-20(13)21(25)24(14-9-10-29(26,27)12-14)11-16-17(22)6-4-7-18(16)23/h2-8,14H,9-12H2,1H3. The van der Waals surface area contributed by atoms with E-state index < -0.39 is 27.6 Å². The van der Waals surface area contributed by atoms with Crippen molar-refractivity contribution >= 4 is 38.3 Å². The summed E-state index contributed by atoms with van der Waals surface area (Å²) >= 11 is 6.16. The van der Waals surface area contributed by atoms with Crippen molar-refractivity contribution in [3.8, 4) is 0 Å². The number of hydrogen-bond donors (Lipinski definition) is 0. The molecule has 1 amide bonds. The molecule has 1 aromatic heterocycles. The van der Waals surface area contributed by atoms with E-state index in [2.05, 4.69) is 0 Å². The SMILES string of the molecule is Cc1c(C(=O)N(Cc2c(F)cccc2Cl)C2CCS(=O)(=O)C2)oc2ccccc12. The lowest BCUT2D eigenvalue weighted by molar-refractivity contribution is 0.0647. The molecule has 2 aromatic carbocycles. The van der Waals surface area contributed by atoms with Crippen LogP contribution in [0, 0.1) is 12.7 Å². The molecule has 1 saturated heterocycles. The fraction of sp³-hybridized carbons (Fsp3) is 0.286. The van der Waals surface area contributed by atoms with E-state index in [4.69, 9.17) is 16.0 Å². The number of halogens is 2. The zero-order valence-electron chi connectivity index (χ0n) is 15.7. The van der Waals surface area contributed by atoms with Crippen molar-refractivity contribution in [3.05, 3.63) is 70.2 Å². The molecular weight excluding hydrogens is 417 g/mol. The summed E-state index contributed by atoms with van der Waals surface area (Å²) in [7, 11) is -3.25. The van der Waals surface area contributed by atoms with Crippen LogP contribution >= 0.6 is 11.6 Å². The first-order chi connectivity index (χ1) is 13.8. The van der Waals surface area contributed by atoms with Crippen molar-refractivity contribution < 1.29 is 22.0 Å². The molecule has 0 spiro atoms. The van der Waals surface area contributed by atoms with E-state index in [0.717, 1.165) is 5.39 Å². The van der Waals surface area contributed by atoms with Crippen LogP contribution in [0.4, 0.5) is 4.39 Å². The minimum absolute atomic E-state index is 0.00837. The van der Waals surface area contributed by atoms with Crippen LogP contribution in [0.15, 0.2) is 46.9 Å². The van der Waals surface area contributed by atoms with Gasteiger partial charge in [0.05, 0.1) is 18.1 Å². The molecule has 152 valence electrons. The summed E-state index contributed by atoms with van der Waals surface area (Å²) in [5.74, 6) is -1.06. The highest BCUT2D eigenvalue weighted by atomic mass is 35.5. The van der Waals surface area contributed by atoms with Gasteiger partial charge in [-0.1, -0.05) is 35.9 Å². The number of benzene rings is 2. The van der Waals surface area contributed by atoms with Crippen LogP contribution in [0.25, 0.3) is 11.0 Å². The second-order valence-electron chi connectivity index (χ2n) is 7.24. The maximum absolute atomic E-state index is 14.4. The van der Waals surface area contributed by atoms with Crippen LogP contribution < -0.4 is 0 Å². The van der Waals surface area contributed by atoms with Gasteiger partial charge < -0.3 is 9.32 Å². The molecule has 1 aliphatic rings. The van der Waals surface area contributed by atoms with Crippen LogP contribution in [0.5, 0.6) is 0 Å². The molecule has 8 heteroatoms. The quantitative estimate of drug-likeness (QED) is 0.610. The Labute approximate surface area is 173 Å². The largest absolute Gasteiger partial charge is 0.451 e. The Bertz CT molecular complexity index is 1180. The lowest BCUT2D eigenvalue weighted by Gasteiger charge is -2.28. The Morgan fingerprint density at radius 3 is 2.66 bits per heavy atom.